The molecule has 0 aromatic heterocycles. The minimum Gasteiger partial charge on any atom is -0.353 e. The molecule has 0 fully saturated rings. The van der Waals surface area contributed by atoms with E-state index in [0.717, 1.165) is 16.9 Å². The number of aryl methyl sites for hydroxylation is 1. The first-order chi connectivity index (χ1) is 11.0. The lowest BCUT2D eigenvalue weighted by molar-refractivity contribution is -0.121. The van der Waals surface area contributed by atoms with Crippen LogP contribution in [0, 0.1) is 6.92 Å². The zero-order chi connectivity index (χ0) is 16.8. The van der Waals surface area contributed by atoms with Crippen molar-refractivity contribution in [2.75, 3.05) is 6.26 Å². The van der Waals surface area contributed by atoms with Crippen molar-refractivity contribution in [2.45, 2.75) is 37.6 Å². The van der Waals surface area contributed by atoms with Gasteiger partial charge < -0.3 is 5.32 Å². The molecule has 2 aromatic rings. The highest BCUT2D eigenvalue weighted by Gasteiger charge is 2.10. The van der Waals surface area contributed by atoms with Gasteiger partial charge in [-0.1, -0.05) is 36.4 Å². The van der Waals surface area contributed by atoms with Gasteiger partial charge in [-0.05, 0) is 49.1 Å². The fourth-order valence-corrected chi connectivity index (χ4v) is 3.05. The average Bonchev–Trinajstić information content (AvgIpc) is 2.50. The maximum atomic E-state index is 12.1. The lowest BCUT2D eigenvalue weighted by Crippen LogP contribution is -2.35. The van der Waals surface area contributed by atoms with E-state index in [4.69, 9.17) is 0 Å². The second-order valence-corrected chi connectivity index (χ2v) is 7.25. The van der Waals surface area contributed by atoms with Gasteiger partial charge in [0.2, 0.25) is 5.91 Å². The second-order valence-electron chi connectivity index (χ2n) is 5.87. The Morgan fingerprint density at radius 2 is 1.78 bits per heavy atom. The summed E-state index contributed by atoms with van der Waals surface area (Å²) < 4.78 is 11.4. The number of rotatable bonds is 6. The summed E-state index contributed by atoms with van der Waals surface area (Å²) in [7, 11) is -0.985. The van der Waals surface area contributed by atoms with Crippen LogP contribution in [0.1, 0.15) is 23.6 Å². The van der Waals surface area contributed by atoms with Gasteiger partial charge in [-0.2, -0.15) is 0 Å². The summed E-state index contributed by atoms with van der Waals surface area (Å²) in [5, 5.41) is 3.04. The number of nitrogens with one attached hydrogen (secondary N) is 1. The highest BCUT2D eigenvalue weighted by atomic mass is 32.2. The minimum absolute atomic E-state index is 0.0106. The summed E-state index contributed by atoms with van der Waals surface area (Å²) in [6, 6.07) is 15.7. The van der Waals surface area contributed by atoms with Gasteiger partial charge in [0.1, 0.15) is 0 Å². The van der Waals surface area contributed by atoms with Crippen LogP contribution in [0.3, 0.4) is 0 Å². The summed E-state index contributed by atoms with van der Waals surface area (Å²) in [4.78, 5) is 12.9. The molecule has 0 aliphatic carbocycles. The van der Waals surface area contributed by atoms with Gasteiger partial charge in [0, 0.05) is 28.0 Å². The molecule has 23 heavy (non-hydrogen) atoms. The third kappa shape index (κ3) is 5.32. The van der Waals surface area contributed by atoms with Crippen LogP contribution in [0.4, 0.5) is 0 Å². The van der Waals surface area contributed by atoms with E-state index in [0.29, 0.717) is 6.42 Å². The normalized spacial score (nSPS) is 13.3. The maximum absolute atomic E-state index is 12.1. The van der Waals surface area contributed by atoms with Crippen LogP contribution in [-0.2, 0) is 28.4 Å². The van der Waals surface area contributed by atoms with Crippen LogP contribution in [-0.4, -0.2) is 22.4 Å². The largest absolute Gasteiger partial charge is 0.353 e. The molecule has 0 saturated carbocycles. The monoisotopic (exact) mass is 329 g/mol. The molecular formula is C19H23NO2S. The Morgan fingerprint density at radius 1 is 1.13 bits per heavy atom. The Bertz CT molecular complexity index is 695. The number of carbonyl (C=O) groups excluding carboxylic acids is 1. The minimum atomic E-state index is -0.985. The van der Waals surface area contributed by atoms with Gasteiger partial charge in [-0.15, -0.1) is 0 Å². The molecule has 0 bridgehead atoms. The maximum Gasteiger partial charge on any atom is 0.224 e. The summed E-state index contributed by atoms with van der Waals surface area (Å²) in [6.45, 7) is 4.11. The molecular weight excluding hydrogens is 306 g/mol. The highest BCUT2D eigenvalue weighted by molar-refractivity contribution is 7.84. The van der Waals surface area contributed by atoms with E-state index in [1.807, 2.05) is 43.3 Å². The van der Waals surface area contributed by atoms with Gasteiger partial charge in [-0.25, -0.2) is 0 Å². The molecule has 0 radical (unpaired) electrons. The van der Waals surface area contributed by atoms with Gasteiger partial charge in [0.25, 0.3) is 0 Å². The average molecular weight is 329 g/mol. The summed E-state index contributed by atoms with van der Waals surface area (Å²) in [5.74, 6) is 0.0106. The molecule has 2 aromatic carbocycles. The van der Waals surface area contributed by atoms with E-state index in [-0.39, 0.29) is 11.9 Å². The molecule has 0 aliphatic rings. The van der Waals surface area contributed by atoms with Crippen LogP contribution >= 0.6 is 0 Å². The van der Waals surface area contributed by atoms with Crippen molar-refractivity contribution in [3.8, 4) is 0 Å². The van der Waals surface area contributed by atoms with E-state index >= 15 is 0 Å². The molecule has 2 atom stereocenters. The molecule has 2 rings (SSSR count). The van der Waals surface area contributed by atoms with Gasteiger partial charge in [0.05, 0.1) is 6.42 Å². The van der Waals surface area contributed by atoms with Crippen molar-refractivity contribution in [3.63, 3.8) is 0 Å². The zero-order valence-corrected chi connectivity index (χ0v) is 14.7. The van der Waals surface area contributed by atoms with Crippen molar-refractivity contribution in [1.29, 1.82) is 0 Å². The van der Waals surface area contributed by atoms with E-state index < -0.39 is 10.8 Å². The molecule has 0 saturated heterocycles. The topological polar surface area (TPSA) is 46.2 Å². The molecule has 0 unspecified atom stereocenters. The first-order valence-corrected chi connectivity index (χ1v) is 9.27. The van der Waals surface area contributed by atoms with Crippen molar-refractivity contribution >= 4 is 16.7 Å². The van der Waals surface area contributed by atoms with Crippen molar-refractivity contribution in [3.05, 3.63) is 65.2 Å². The third-order valence-corrected chi connectivity index (χ3v) is 4.75. The summed E-state index contributed by atoms with van der Waals surface area (Å²) in [6.07, 6.45) is 2.82. The van der Waals surface area contributed by atoms with Gasteiger partial charge >= 0.3 is 0 Å². The first kappa shape index (κ1) is 17.4. The van der Waals surface area contributed by atoms with Crippen LogP contribution in [0.15, 0.2) is 53.4 Å². The predicted octanol–water partition coefficient (Wildman–Crippen LogP) is 3.02. The van der Waals surface area contributed by atoms with E-state index in [1.165, 1.54) is 11.1 Å². The molecule has 1 amide bonds. The standard InChI is InChI=1S/C19H23NO2S/c1-14-6-4-5-7-17(14)12-15(2)20-19(21)13-16-8-10-18(11-9-16)23(3)22/h4-11,15H,12-13H2,1-3H3,(H,20,21)/t15-,23+/m0/s1. The molecule has 4 heteroatoms. The highest BCUT2D eigenvalue weighted by Crippen LogP contribution is 2.11. The Hall–Kier alpha value is -1.94. The summed E-state index contributed by atoms with van der Waals surface area (Å²) in [5.41, 5.74) is 3.44. The predicted molar refractivity (Wildman–Crippen MR) is 95.0 cm³/mol. The quantitative estimate of drug-likeness (QED) is 0.885. The van der Waals surface area contributed by atoms with Crippen molar-refractivity contribution in [2.24, 2.45) is 0 Å². The Labute approximate surface area is 140 Å². The number of carbonyl (C=O) groups is 1. The van der Waals surface area contributed by atoms with Gasteiger partial charge in [0.15, 0.2) is 0 Å². The van der Waals surface area contributed by atoms with E-state index in [9.17, 15) is 9.00 Å². The second kappa shape index (κ2) is 8.06. The third-order valence-electron chi connectivity index (χ3n) is 3.81. The van der Waals surface area contributed by atoms with Crippen LogP contribution in [0.5, 0.6) is 0 Å². The summed E-state index contributed by atoms with van der Waals surface area (Å²) >= 11 is 0. The Morgan fingerprint density at radius 3 is 2.39 bits per heavy atom. The van der Waals surface area contributed by atoms with Crippen LogP contribution in [0.25, 0.3) is 0 Å². The van der Waals surface area contributed by atoms with E-state index in [1.54, 1.807) is 6.26 Å². The lowest BCUT2D eigenvalue weighted by atomic mass is 10.0. The molecule has 0 spiro atoms. The first-order valence-electron chi connectivity index (χ1n) is 7.72. The SMILES string of the molecule is Cc1ccccc1C[C@H](C)NC(=O)Cc1ccc([S@@](C)=O)cc1. The fraction of sp³-hybridized carbons (Fsp3) is 0.316. The van der Waals surface area contributed by atoms with Crippen molar-refractivity contribution < 1.29 is 9.00 Å². The van der Waals surface area contributed by atoms with Crippen LogP contribution < -0.4 is 5.32 Å². The van der Waals surface area contributed by atoms with E-state index in [2.05, 4.69) is 24.4 Å². The molecule has 3 nitrogen and oxygen atoms in total. The van der Waals surface area contributed by atoms with Crippen LogP contribution in [0.2, 0.25) is 0 Å². The number of hydrogen-bond donors (Lipinski definition) is 1. The van der Waals surface area contributed by atoms with Gasteiger partial charge in [-0.3, -0.25) is 9.00 Å². The zero-order valence-electron chi connectivity index (χ0n) is 13.8. The number of hydrogen-bond acceptors (Lipinski definition) is 2. The number of amides is 1. The Balaban J connectivity index is 1.89. The lowest BCUT2D eigenvalue weighted by Gasteiger charge is -2.15. The molecule has 0 aliphatic heterocycles. The number of benzene rings is 2. The Kier molecular flexibility index (Phi) is 6.11. The van der Waals surface area contributed by atoms with Crippen molar-refractivity contribution in [1.82, 2.24) is 5.32 Å². The molecule has 122 valence electrons. The fourth-order valence-electron chi connectivity index (χ4n) is 2.53. The molecule has 0 heterocycles. The molecule has 1 N–H and O–H groups in total. The smallest absolute Gasteiger partial charge is 0.224 e.